The summed E-state index contributed by atoms with van der Waals surface area (Å²) in [5.41, 5.74) is 2.71. The smallest absolute Gasteiger partial charge is 0.193 e. The van der Waals surface area contributed by atoms with Crippen LogP contribution >= 0.6 is 24.0 Å². The van der Waals surface area contributed by atoms with E-state index in [4.69, 9.17) is 9.47 Å². The predicted octanol–water partition coefficient (Wildman–Crippen LogP) is 2.81. The van der Waals surface area contributed by atoms with E-state index in [0.29, 0.717) is 5.41 Å². The molecule has 2 aliphatic heterocycles. The highest BCUT2D eigenvalue weighted by molar-refractivity contribution is 14.0. The van der Waals surface area contributed by atoms with Crippen LogP contribution in [0.2, 0.25) is 0 Å². The Hall–Kier alpha value is -1.02. The number of aryl methyl sites for hydroxylation is 1. The maximum Gasteiger partial charge on any atom is 0.193 e. The SMILES string of the molecule is CN=C(NCc1ccc(C)c(OC)c1)N1CCC2(CCOC2)C1.I. The number of aliphatic imine (C=N–C) groups is 1. The van der Waals surface area contributed by atoms with E-state index in [-0.39, 0.29) is 24.0 Å². The Labute approximate surface area is 161 Å². The van der Waals surface area contributed by atoms with Crippen LogP contribution in [0.4, 0.5) is 0 Å². The number of hydrogen-bond donors (Lipinski definition) is 1. The number of halogens is 1. The first-order valence-electron chi connectivity index (χ1n) is 8.33. The van der Waals surface area contributed by atoms with Crippen LogP contribution in [-0.2, 0) is 11.3 Å². The highest BCUT2D eigenvalue weighted by Gasteiger charge is 2.42. The van der Waals surface area contributed by atoms with Gasteiger partial charge in [0.15, 0.2) is 5.96 Å². The highest BCUT2D eigenvalue weighted by atomic mass is 127. The molecule has 1 N–H and O–H groups in total. The van der Waals surface area contributed by atoms with Crippen molar-refractivity contribution in [3.8, 4) is 5.75 Å². The molecule has 0 radical (unpaired) electrons. The molecular weight excluding hydrogens is 417 g/mol. The molecule has 6 heteroatoms. The van der Waals surface area contributed by atoms with Crippen molar-refractivity contribution in [2.75, 3.05) is 40.5 Å². The molecule has 0 saturated carbocycles. The van der Waals surface area contributed by atoms with Crippen LogP contribution in [0.25, 0.3) is 0 Å². The largest absolute Gasteiger partial charge is 0.496 e. The molecule has 1 aromatic rings. The second kappa shape index (κ2) is 8.38. The Balaban J connectivity index is 0.00000208. The lowest BCUT2D eigenvalue weighted by molar-refractivity contribution is 0.156. The van der Waals surface area contributed by atoms with Crippen LogP contribution in [-0.4, -0.2) is 51.3 Å². The molecule has 2 heterocycles. The number of guanidine groups is 1. The third kappa shape index (κ3) is 4.14. The molecule has 24 heavy (non-hydrogen) atoms. The number of ether oxygens (including phenoxy) is 2. The molecule has 134 valence electrons. The Morgan fingerprint density at radius 2 is 2.25 bits per heavy atom. The van der Waals surface area contributed by atoms with E-state index >= 15 is 0 Å². The van der Waals surface area contributed by atoms with Gasteiger partial charge in [-0.05, 0) is 37.0 Å². The van der Waals surface area contributed by atoms with Crippen LogP contribution in [0.3, 0.4) is 0 Å². The van der Waals surface area contributed by atoms with Gasteiger partial charge in [-0.2, -0.15) is 0 Å². The molecule has 5 nitrogen and oxygen atoms in total. The summed E-state index contributed by atoms with van der Waals surface area (Å²) >= 11 is 0. The van der Waals surface area contributed by atoms with Crippen molar-refractivity contribution in [2.24, 2.45) is 10.4 Å². The Morgan fingerprint density at radius 1 is 1.42 bits per heavy atom. The molecule has 0 aliphatic carbocycles. The molecule has 2 saturated heterocycles. The zero-order valence-electron chi connectivity index (χ0n) is 14.8. The number of hydrogen-bond acceptors (Lipinski definition) is 3. The van der Waals surface area contributed by atoms with Gasteiger partial charge in [0, 0.05) is 38.7 Å². The third-order valence-electron chi connectivity index (χ3n) is 5.06. The normalized spacial score (nSPS) is 23.5. The molecular formula is C18H28IN3O2. The lowest BCUT2D eigenvalue weighted by Crippen LogP contribution is -2.41. The second-order valence-corrected chi connectivity index (χ2v) is 6.68. The maximum atomic E-state index is 5.61. The van der Waals surface area contributed by atoms with Gasteiger partial charge in [-0.3, -0.25) is 4.99 Å². The molecule has 0 bridgehead atoms. The molecule has 1 unspecified atom stereocenters. The summed E-state index contributed by atoms with van der Waals surface area (Å²) in [6.07, 6.45) is 2.38. The van der Waals surface area contributed by atoms with Crippen molar-refractivity contribution < 1.29 is 9.47 Å². The van der Waals surface area contributed by atoms with Crippen molar-refractivity contribution in [3.63, 3.8) is 0 Å². The fourth-order valence-corrected chi connectivity index (χ4v) is 3.58. The Morgan fingerprint density at radius 3 is 2.92 bits per heavy atom. The zero-order chi connectivity index (χ0) is 16.3. The first kappa shape index (κ1) is 19.3. The first-order valence-corrected chi connectivity index (χ1v) is 8.33. The molecule has 3 rings (SSSR count). The van der Waals surface area contributed by atoms with Gasteiger partial charge in [0.1, 0.15) is 5.75 Å². The standard InChI is InChI=1S/C18H27N3O2.HI/c1-14-4-5-15(10-16(14)22-3)11-20-17(19-2)21-8-6-18(12-21)7-9-23-13-18;/h4-5,10H,6-9,11-13H2,1-3H3,(H,19,20);1H. The van der Waals surface area contributed by atoms with Crippen molar-refractivity contribution in [1.29, 1.82) is 0 Å². The van der Waals surface area contributed by atoms with E-state index in [1.54, 1.807) is 7.11 Å². The summed E-state index contributed by atoms with van der Waals surface area (Å²) < 4.78 is 11.0. The summed E-state index contributed by atoms with van der Waals surface area (Å²) in [5.74, 6) is 1.91. The second-order valence-electron chi connectivity index (χ2n) is 6.68. The van der Waals surface area contributed by atoms with Gasteiger partial charge in [-0.25, -0.2) is 0 Å². The van der Waals surface area contributed by atoms with E-state index < -0.39 is 0 Å². The topological polar surface area (TPSA) is 46.1 Å². The summed E-state index contributed by atoms with van der Waals surface area (Å²) in [6.45, 7) is 6.72. The fourth-order valence-electron chi connectivity index (χ4n) is 3.58. The predicted molar refractivity (Wildman–Crippen MR) is 107 cm³/mol. The first-order chi connectivity index (χ1) is 11.2. The van der Waals surface area contributed by atoms with Crippen molar-refractivity contribution in [1.82, 2.24) is 10.2 Å². The minimum Gasteiger partial charge on any atom is -0.496 e. The van der Waals surface area contributed by atoms with E-state index in [9.17, 15) is 0 Å². The number of likely N-dealkylation sites (tertiary alicyclic amines) is 1. The monoisotopic (exact) mass is 445 g/mol. The van der Waals surface area contributed by atoms with E-state index in [1.165, 1.54) is 18.4 Å². The van der Waals surface area contributed by atoms with Crippen LogP contribution < -0.4 is 10.1 Å². The minimum atomic E-state index is 0. The number of methoxy groups -OCH3 is 1. The van der Waals surface area contributed by atoms with Gasteiger partial charge < -0.3 is 19.7 Å². The van der Waals surface area contributed by atoms with Crippen molar-refractivity contribution in [3.05, 3.63) is 29.3 Å². The van der Waals surface area contributed by atoms with Crippen LogP contribution in [0.1, 0.15) is 24.0 Å². The van der Waals surface area contributed by atoms with Gasteiger partial charge in [0.2, 0.25) is 0 Å². The van der Waals surface area contributed by atoms with Crippen molar-refractivity contribution in [2.45, 2.75) is 26.3 Å². The summed E-state index contributed by atoms with van der Waals surface area (Å²) in [4.78, 5) is 6.82. The number of nitrogens with zero attached hydrogens (tertiary/aromatic N) is 2. The molecule has 0 amide bonds. The quantitative estimate of drug-likeness (QED) is 0.442. The molecule has 1 spiro atoms. The number of rotatable bonds is 3. The fraction of sp³-hybridized carbons (Fsp3) is 0.611. The van der Waals surface area contributed by atoms with Crippen molar-refractivity contribution >= 4 is 29.9 Å². The average Bonchev–Trinajstić information content (AvgIpc) is 3.20. The van der Waals surface area contributed by atoms with Gasteiger partial charge in [0.05, 0.1) is 13.7 Å². The van der Waals surface area contributed by atoms with Crippen LogP contribution in [0.5, 0.6) is 5.75 Å². The molecule has 0 aromatic heterocycles. The van der Waals surface area contributed by atoms with Crippen LogP contribution in [0.15, 0.2) is 23.2 Å². The van der Waals surface area contributed by atoms with Gasteiger partial charge in [-0.1, -0.05) is 12.1 Å². The summed E-state index contributed by atoms with van der Waals surface area (Å²) in [5, 5.41) is 3.48. The Kier molecular flexibility index (Phi) is 6.74. The molecule has 2 fully saturated rings. The van der Waals surface area contributed by atoms with Gasteiger partial charge >= 0.3 is 0 Å². The highest BCUT2D eigenvalue weighted by Crippen LogP contribution is 2.38. The maximum absolute atomic E-state index is 5.61. The lowest BCUT2D eigenvalue weighted by atomic mass is 9.87. The summed E-state index contributed by atoms with van der Waals surface area (Å²) in [6, 6.07) is 6.32. The van der Waals surface area contributed by atoms with E-state index in [2.05, 4.69) is 40.3 Å². The zero-order valence-corrected chi connectivity index (χ0v) is 17.1. The number of benzene rings is 1. The Bertz CT molecular complexity index is 586. The molecule has 1 atom stereocenters. The van der Waals surface area contributed by atoms with Gasteiger partial charge in [-0.15, -0.1) is 24.0 Å². The summed E-state index contributed by atoms with van der Waals surface area (Å²) in [7, 11) is 3.57. The molecule has 1 aromatic carbocycles. The minimum absolute atomic E-state index is 0. The lowest BCUT2D eigenvalue weighted by Gasteiger charge is -2.25. The third-order valence-corrected chi connectivity index (χ3v) is 5.06. The average molecular weight is 445 g/mol. The van der Waals surface area contributed by atoms with E-state index in [0.717, 1.165) is 50.1 Å². The van der Waals surface area contributed by atoms with Gasteiger partial charge in [0.25, 0.3) is 0 Å². The number of nitrogens with one attached hydrogen (secondary N) is 1. The van der Waals surface area contributed by atoms with Crippen LogP contribution in [0, 0.1) is 12.3 Å². The molecule has 2 aliphatic rings. The van der Waals surface area contributed by atoms with E-state index in [1.807, 2.05) is 7.05 Å².